The molecule has 0 spiro atoms. The highest BCUT2D eigenvalue weighted by Crippen LogP contribution is 2.45. The monoisotopic (exact) mass is 836 g/mol. The number of nitrogens with zero attached hydrogens (tertiary/aromatic N) is 7. The van der Waals surface area contributed by atoms with Crippen LogP contribution >= 0.6 is 0 Å². The molecular weight excluding hydrogens is 785 g/mol. The predicted octanol–water partition coefficient (Wildman–Crippen LogP) is 5.13. The van der Waals surface area contributed by atoms with E-state index >= 15 is 0 Å². The standard InChI is InChI=1S/C47H52N10O5/c1-3-20-56-45(60)36-23-48-46(52-43(36)57(56)38-15-7-27-17-19-47(61,4-2)42(27)50-38)49-31-8-5-29-24-54(21-18-28(29)22-31)32-9-11-33(12-10-32)55-25-30-6-13-34-40(53-62-41(34)37(30)26-55)35-14-16-39(58)51-44(35)59/h3,5-8,13,15,22-23,32-33,35,40,53,61H,1,4,9-12,14,16-21,24-26H2,2H3,(H,48,49,52)(H,51,58,59)/t32-,33+,35?,40?,47-/m1/s1. The molecule has 320 valence electrons. The van der Waals surface area contributed by atoms with E-state index in [9.17, 15) is 19.5 Å². The minimum Gasteiger partial charge on any atom is -0.407 e. The van der Waals surface area contributed by atoms with Gasteiger partial charge in [0.15, 0.2) is 17.2 Å². The Labute approximate surface area is 359 Å². The highest BCUT2D eigenvalue weighted by molar-refractivity contribution is 5.99. The van der Waals surface area contributed by atoms with E-state index in [-0.39, 0.29) is 35.9 Å². The van der Waals surface area contributed by atoms with Crippen LogP contribution < -0.4 is 26.5 Å². The third-order valence-electron chi connectivity index (χ3n) is 14.6. The molecule has 2 aliphatic carbocycles. The van der Waals surface area contributed by atoms with Gasteiger partial charge in [-0.05, 0) is 98.2 Å². The fraction of sp³-hybridized carbons (Fsp3) is 0.447. The zero-order valence-corrected chi connectivity index (χ0v) is 35.0. The van der Waals surface area contributed by atoms with Crippen molar-refractivity contribution in [3.63, 3.8) is 0 Å². The highest BCUT2D eigenvalue weighted by Gasteiger charge is 2.42. The number of hydrogen-bond acceptors (Lipinski definition) is 12. The van der Waals surface area contributed by atoms with E-state index in [1.54, 1.807) is 21.6 Å². The van der Waals surface area contributed by atoms with Crippen LogP contribution in [-0.4, -0.2) is 69.7 Å². The fourth-order valence-electron chi connectivity index (χ4n) is 11.1. The molecule has 0 bridgehead atoms. The number of carbonyl (C=O) groups is 2. The Morgan fingerprint density at radius 1 is 0.919 bits per heavy atom. The van der Waals surface area contributed by atoms with Crippen molar-refractivity contribution in [1.29, 1.82) is 0 Å². The largest absolute Gasteiger partial charge is 0.407 e. The van der Waals surface area contributed by atoms with Gasteiger partial charge in [0.25, 0.3) is 5.56 Å². The number of nitrogens with one attached hydrogen (secondary N) is 3. The maximum absolute atomic E-state index is 13.6. The van der Waals surface area contributed by atoms with Crippen LogP contribution in [0.3, 0.4) is 0 Å². The molecule has 15 heteroatoms. The molecule has 15 nitrogen and oxygen atoms in total. The summed E-state index contributed by atoms with van der Waals surface area (Å²) < 4.78 is 3.29. The third-order valence-corrected chi connectivity index (χ3v) is 14.6. The van der Waals surface area contributed by atoms with Crippen molar-refractivity contribution in [2.24, 2.45) is 5.92 Å². The average molecular weight is 837 g/mol. The second-order valence-corrected chi connectivity index (χ2v) is 18.1. The summed E-state index contributed by atoms with van der Waals surface area (Å²) in [5, 5.41) is 17.6. The van der Waals surface area contributed by atoms with E-state index in [2.05, 4.69) is 67.8 Å². The number of aliphatic hydroxyl groups is 1. The molecule has 7 heterocycles. The quantitative estimate of drug-likeness (QED) is 0.114. The van der Waals surface area contributed by atoms with Gasteiger partial charge in [-0.1, -0.05) is 37.3 Å². The van der Waals surface area contributed by atoms with Gasteiger partial charge in [0, 0.05) is 67.7 Å². The zero-order valence-electron chi connectivity index (χ0n) is 35.0. The first-order valence-corrected chi connectivity index (χ1v) is 22.3. The maximum Gasteiger partial charge on any atom is 0.278 e. The predicted molar refractivity (Wildman–Crippen MR) is 232 cm³/mol. The van der Waals surface area contributed by atoms with Gasteiger partial charge in [0.2, 0.25) is 17.8 Å². The number of imide groups is 1. The maximum atomic E-state index is 13.6. The Morgan fingerprint density at radius 3 is 2.52 bits per heavy atom. The summed E-state index contributed by atoms with van der Waals surface area (Å²) >= 11 is 0. The van der Waals surface area contributed by atoms with Gasteiger partial charge in [-0.25, -0.2) is 19.3 Å². The molecule has 1 saturated heterocycles. The molecular formula is C47H52N10O5. The Hall–Kier alpha value is -5.74. The SMILES string of the molecule is C=CCn1c(=O)c2cnc(Nc3ccc4c(c3)CCN([C@H]3CC[C@@H](N5Cc6ccc7c(c6C5)ONC7C5CCC(=O)NC5=O)CC3)C4)nc2n1-c1ccc2c(n1)[C@@](O)(CC)CC2. The number of rotatable bonds is 9. The lowest BCUT2D eigenvalue weighted by atomic mass is 9.86. The summed E-state index contributed by atoms with van der Waals surface area (Å²) in [6, 6.07) is 15.5. The molecule has 2 amide bonds. The van der Waals surface area contributed by atoms with Crippen LogP contribution in [0.5, 0.6) is 5.75 Å². The molecule has 3 aromatic heterocycles. The summed E-state index contributed by atoms with van der Waals surface area (Å²) in [6.45, 7) is 9.81. The Kier molecular flexibility index (Phi) is 9.63. The molecule has 6 aliphatic rings. The van der Waals surface area contributed by atoms with Crippen LogP contribution in [0.4, 0.5) is 11.6 Å². The molecule has 0 radical (unpaired) electrons. The number of pyridine rings is 1. The van der Waals surface area contributed by atoms with E-state index in [1.165, 1.54) is 35.1 Å². The molecule has 2 fully saturated rings. The lowest BCUT2D eigenvalue weighted by molar-refractivity contribution is -0.137. The van der Waals surface area contributed by atoms with Crippen LogP contribution in [0.1, 0.15) is 103 Å². The minimum atomic E-state index is -0.991. The number of fused-ring (bicyclic) bond motifs is 6. The van der Waals surface area contributed by atoms with Crippen molar-refractivity contribution in [3.05, 3.63) is 111 Å². The van der Waals surface area contributed by atoms with Crippen molar-refractivity contribution in [1.82, 2.24) is 44.9 Å². The number of aryl methyl sites for hydroxylation is 1. The lowest BCUT2D eigenvalue weighted by Crippen LogP contribution is -2.45. The molecule has 4 aliphatic heterocycles. The average Bonchev–Trinajstić information content (AvgIpc) is 4.06. The van der Waals surface area contributed by atoms with Gasteiger partial charge in [-0.2, -0.15) is 4.98 Å². The van der Waals surface area contributed by atoms with E-state index in [0.29, 0.717) is 66.3 Å². The second-order valence-electron chi connectivity index (χ2n) is 18.1. The summed E-state index contributed by atoms with van der Waals surface area (Å²) in [4.78, 5) is 63.7. The molecule has 4 N–H and O–H groups in total. The highest BCUT2D eigenvalue weighted by atomic mass is 16.7. The van der Waals surface area contributed by atoms with Gasteiger partial charge >= 0.3 is 0 Å². The van der Waals surface area contributed by atoms with E-state index in [1.807, 2.05) is 19.1 Å². The van der Waals surface area contributed by atoms with E-state index in [0.717, 1.165) is 74.4 Å². The number of amides is 2. The summed E-state index contributed by atoms with van der Waals surface area (Å²) in [6.07, 6.45) is 11.7. The number of allylic oxidation sites excluding steroid dienone is 1. The number of hydrogen-bond donors (Lipinski definition) is 4. The number of hydroxylamine groups is 1. The van der Waals surface area contributed by atoms with Gasteiger partial charge in [-0.3, -0.25) is 29.5 Å². The van der Waals surface area contributed by atoms with Crippen LogP contribution in [0, 0.1) is 5.92 Å². The van der Waals surface area contributed by atoms with Gasteiger partial charge in [-0.15, -0.1) is 12.1 Å². The van der Waals surface area contributed by atoms with Crippen LogP contribution in [0.2, 0.25) is 0 Å². The Bertz CT molecular complexity index is 2720. The number of aromatic nitrogens is 5. The van der Waals surface area contributed by atoms with Crippen molar-refractivity contribution in [2.45, 2.75) is 121 Å². The molecule has 1 saturated carbocycles. The lowest BCUT2D eigenvalue weighted by Gasteiger charge is -2.41. The fourth-order valence-corrected chi connectivity index (χ4v) is 11.1. The van der Waals surface area contributed by atoms with Gasteiger partial charge < -0.3 is 15.3 Å². The zero-order chi connectivity index (χ0) is 42.3. The van der Waals surface area contributed by atoms with Crippen molar-refractivity contribution < 1.29 is 19.5 Å². The Balaban J connectivity index is 0.742. The van der Waals surface area contributed by atoms with Crippen LogP contribution in [0.25, 0.3) is 16.9 Å². The van der Waals surface area contributed by atoms with E-state index < -0.39 is 5.60 Å². The number of benzene rings is 2. The molecule has 2 aromatic carbocycles. The molecule has 2 unspecified atom stereocenters. The second kappa shape index (κ2) is 15.3. The molecule has 62 heavy (non-hydrogen) atoms. The number of anilines is 2. The first-order valence-electron chi connectivity index (χ1n) is 22.3. The molecule has 5 aromatic rings. The van der Waals surface area contributed by atoms with Crippen molar-refractivity contribution in [2.75, 3.05) is 11.9 Å². The van der Waals surface area contributed by atoms with Crippen LogP contribution in [0.15, 0.2) is 66.1 Å². The molecule has 11 rings (SSSR count). The topological polar surface area (TPSA) is 172 Å². The third kappa shape index (κ3) is 6.55. The van der Waals surface area contributed by atoms with Gasteiger partial charge in [0.1, 0.15) is 11.0 Å². The first-order chi connectivity index (χ1) is 30.2. The van der Waals surface area contributed by atoms with Crippen LogP contribution in [-0.2, 0) is 54.2 Å². The van der Waals surface area contributed by atoms with E-state index in [4.69, 9.17) is 14.8 Å². The number of carbonyl (C=O) groups excluding carboxylic acids is 2. The normalized spacial score (nSPS) is 25.8. The summed E-state index contributed by atoms with van der Waals surface area (Å²) in [5.74, 6) is 1.01. The summed E-state index contributed by atoms with van der Waals surface area (Å²) in [7, 11) is 0. The number of piperidine rings is 1. The minimum absolute atomic E-state index is 0.204. The van der Waals surface area contributed by atoms with Gasteiger partial charge in [0.05, 0.1) is 24.2 Å². The smallest absolute Gasteiger partial charge is 0.278 e. The summed E-state index contributed by atoms with van der Waals surface area (Å²) in [5.41, 5.74) is 11.1. The van der Waals surface area contributed by atoms with Crippen molar-refractivity contribution >= 4 is 34.5 Å². The van der Waals surface area contributed by atoms with Crippen molar-refractivity contribution in [3.8, 4) is 11.6 Å². The molecule has 3 atom stereocenters. The Morgan fingerprint density at radius 2 is 1.71 bits per heavy atom. The first kappa shape index (κ1) is 39.1.